The molecule has 3 nitrogen and oxygen atoms in total. The molecule has 20 heavy (non-hydrogen) atoms. The summed E-state index contributed by atoms with van der Waals surface area (Å²) in [5.41, 5.74) is 4.31. The van der Waals surface area contributed by atoms with Crippen LogP contribution in [0.25, 0.3) is 11.1 Å². The molecule has 2 aromatic rings. The largest absolute Gasteiger partial charge is 0.240 e. The summed E-state index contributed by atoms with van der Waals surface area (Å²) < 4.78 is 26.5. The van der Waals surface area contributed by atoms with Gasteiger partial charge in [0.05, 0.1) is 4.90 Å². The first kappa shape index (κ1) is 14.8. The van der Waals surface area contributed by atoms with Crippen molar-refractivity contribution in [3.8, 4) is 11.1 Å². The highest BCUT2D eigenvalue weighted by Gasteiger charge is 2.14. The first-order chi connectivity index (χ1) is 9.44. The van der Waals surface area contributed by atoms with Crippen molar-refractivity contribution in [3.63, 3.8) is 0 Å². The second-order valence-electron chi connectivity index (χ2n) is 4.85. The zero-order valence-corrected chi connectivity index (χ0v) is 12.8. The van der Waals surface area contributed by atoms with E-state index in [1.807, 2.05) is 38.1 Å². The quantitative estimate of drug-likeness (QED) is 0.939. The zero-order chi connectivity index (χ0) is 14.8. The molecule has 0 spiro atoms. The highest BCUT2D eigenvalue weighted by molar-refractivity contribution is 7.89. The Labute approximate surface area is 120 Å². The Bertz CT molecular complexity index is 721. The Morgan fingerprint density at radius 3 is 2.40 bits per heavy atom. The molecule has 106 valence electrons. The third kappa shape index (κ3) is 3.08. The lowest BCUT2D eigenvalue weighted by Crippen LogP contribution is -2.23. The van der Waals surface area contributed by atoms with E-state index in [2.05, 4.69) is 10.8 Å². The van der Waals surface area contributed by atoms with Gasteiger partial charge in [0.1, 0.15) is 0 Å². The Kier molecular flexibility index (Phi) is 4.26. The molecule has 0 unspecified atom stereocenters. The maximum absolute atomic E-state index is 12.0. The SMILES string of the molecule is CCNS(=O)(=O)c1ccc(-c2cccc(C)c2)c(C)c1. The zero-order valence-electron chi connectivity index (χ0n) is 12.0. The fourth-order valence-electron chi connectivity index (χ4n) is 2.21. The molecule has 0 saturated carbocycles. The van der Waals surface area contributed by atoms with Crippen LogP contribution in [0, 0.1) is 13.8 Å². The molecule has 0 radical (unpaired) electrons. The van der Waals surface area contributed by atoms with Gasteiger partial charge in [-0.15, -0.1) is 0 Å². The predicted molar refractivity (Wildman–Crippen MR) is 82.2 cm³/mol. The molecule has 2 rings (SSSR count). The summed E-state index contributed by atoms with van der Waals surface area (Å²) in [5.74, 6) is 0. The lowest BCUT2D eigenvalue weighted by atomic mass is 9.99. The van der Waals surface area contributed by atoms with Crippen molar-refractivity contribution in [2.24, 2.45) is 0 Å². The van der Waals surface area contributed by atoms with Gasteiger partial charge in [0.15, 0.2) is 0 Å². The molecular weight excluding hydrogens is 270 g/mol. The van der Waals surface area contributed by atoms with Gasteiger partial charge in [0, 0.05) is 6.54 Å². The second kappa shape index (κ2) is 5.77. The molecule has 0 saturated heterocycles. The molecule has 4 heteroatoms. The summed E-state index contributed by atoms with van der Waals surface area (Å²) in [6, 6.07) is 13.4. The van der Waals surface area contributed by atoms with E-state index in [4.69, 9.17) is 0 Å². The first-order valence-corrected chi connectivity index (χ1v) is 8.09. The number of aryl methyl sites for hydroxylation is 2. The molecule has 0 bridgehead atoms. The van der Waals surface area contributed by atoms with Gasteiger partial charge < -0.3 is 0 Å². The van der Waals surface area contributed by atoms with E-state index in [9.17, 15) is 8.42 Å². The van der Waals surface area contributed by atoms with E-state index in [1.54, 1.807) is 19.1 Å². The average Bonchev–Trinajstić information content (AvgIpc) is 2.38. The molecule has 2 aromatic carbocycles. The van der Waals surface area contributed by atoms with Gasteiger partial charge >= 0.3 is 0 Å². The molecule has 0 atom stereocenters. The molecule has 0 aliphatic rings. The predicted octanol–water partition coefficient (Wildman–Crippen LogP) is 3.27. The number of hydrogen-bond acceptors (Lipinski definition) is 2. The van der Waals surface area contributed by atoms with Crippen LogP contribution >= 0.6 is 0 Å². The summed E-state index contributed by atoms with van der Waals surface area (Å²) in [6.45, 7) is 6.14. The topological polar surface area (TPSA) is 46.2 Å². The number of hydrogen-bond donors (Lipinski definition) is 1. The van der Waals surface area contributed by atoms with Crippen molar-refractivity contribution in [3.05, 3.63) is 53.6 Å². The smallest absolute Gasteiger partial charge is 0.211 e. The minimum Gasteiger partial charge on any atom is -0.211 e. The van der Waals surface area contributed by atoms with E-state index in [0.29, 0.717) is 11.4 Å². The first-order valence-electron chi connectivity index (χ1n) is 6.61. The minimum absolute atomic E-state index is 0.313. The van der Waals surface area contributed by atoms with Gasteiger partial charge in [-0.25, -0.2) is 13.1 Å². The van der Waals surface area contributed by atoms with Gasteiger partial charge in [-0.1, -0.05) is 42.8 Å². The van der Waals surface area contributed by atoms with Gasteiger partial charge in [-0.3, -0.25) is 0 Å². The summed E-state index contributed by atoms with van der Waals surface area (Å²) in [7, 11) is -3.39. The van der Waals surface area contributed by atoms with Crippen LogP contribution in [-0.4, -0.2) is 15.0 Å². The van der Waals surface area contributed by atoms with Crippen LogP contribution in [0.2, 0.25) is 0 Å². The van der Waals surface area contributed by atoms with Crippen LogP contribution in [0.3, 0.4) is 0 Å². The number of nitrogens with one attached hydrogen (secondary N) is 1. The molecule has 0 aliphatic heterocycles. The number of rotatable bonds is 4. The third-order valence-electron chi connectivity index (χ3n) is 3.17. The highest BCUT2D eigenvalue weighted by Crippen LogP contribution is 2.26. The standard InChI is InChI=1S/C16H19NO2S/c1-4-17-20(18,19)15-8-9-16(13(3)11-15)14-7-5-6-12(2)10-14/h5-11,17H,4H2,1-3H3. The van der Waals surface area contributed by atoms with Crippen LogP contribution in [0.4, 0.5) is 0 Å². The molecule has 0 aliphatic carbocycles. The summed E-state index contributed by atoms with van der Waals surface area (Å²) in [5, 5.41) is 0. The van der Waals surface area contributed by atoms with Crippen molar-refractivity contribution < 1.29 is 8.42 Å². The molecular formula is C16H19NO2S. The lowest BCUT2D eigenvalue weighted by molar-refractivity contribution is 0.584. The molecule has 0 fully saturated rings. The summed E-state index contributed by atoms with van der Waals surface area (Å²) in [4.78, 5) is 0.313. The van der Waals surface area contributed by atoms with Crippen LogP contribution in [-0.2, 0) is 10.0 Å². The third-order valence-corrected chi connectivity index (χ3v) is 4.71. The fourth-order valence-corrected chi connectivity index (χ4v) is 3.34. The fraction of sp³-hybridized carbons (Fsp3) is 0.250. The van der Waals surface area contributed by atoms with Crippen LogP contribution in [0.15, 0.2) is 47.4 Å². The lowest BCUT2D eigenvalue weighted by Gasteiger charge is -2.10. The van der Waals surface area contributed by atoms with E-state index in [-0.39, 0.29) is 0 Å². The van der Waals surface area contributed by atoms with Crippen molar-refractivity contribution >= 4 is 10.0 Å². The van der Waals surface area contributed by atoms with Crippen molar-refractivity contribution in [1.29, 1.82) is 0 Å². The van der Waals surface area contributed by atoms with Gasteiger partial charge in [0.2, 0.25) is 10.0 Å². The van der Waals surface area contributed by atoms with Crippen molar-refractivity contribution in [2.45, 2.75) is 25.7 Å². The minimum atomic E-state index is -3.39. The summed E-state index contributed by atoms with van der Waals surface area (Å²) in [6.07, 6.45) is 0. The van der Waals surface area contributed by atoms with Crippen molar-refractivity contribution in [2.75, 3.05) is 6.54 Å². The Morgan fingerprint density at radius 2 is 1.80 bits per heavy atom. The molecule has 0 aromatic heterocycles. The van der Waals surface area contributed by atoms with Crippen LogP contribution in [0.5, 0.6) is 0 Å². The highest BCUT2D eigenvalue weighted by atomic mass is 32.2. The second-order valence-corrected chi connectivity index (χ2v) is 6.61. The van der Waals surface area contributed by atoms with Gasteiger partial charge in [-0.2, -0.15) is 0 Å². The van der Waals surface area contributed by atoms with E-state index < -0.39 is 10.0 Å². The van der Waals surface area contributed by atoms with Crippen LogP contribution in [0.1, 0.15) is 18.1 Å². The molecule has 1 N–H and O–H groups in total. The maximum Gasteiger partial charge on any atom is 0.240 e. The van der Waals surface area contributed by atoms with E-state index in [0.717, 1.165) is 16.7 Å². The Morgan fingerprint density at radius 1 is 1.05 bits per heavy atom. The normalized spacial score (nSPS) is 11.6. The van der Waals surface area contributed by atoms with Gasteiger partial charge in [0.25, 0.3) is 0 Å². The monoisotopic (exact) mass is 289 g/mol. The van der Waals surface area contributed by atoms with Crippen molar-refractivity contribution in [1.82, 2.24) is 4.72 Å². The van der Waals surface area contributed by atoms with Gasteiger partial charge in [-0.05, 0) is 42.7 Å². The maximum atomic E-state index is 12.0. The van der Waals surface area contributed by atoms with E-state index >= 15 is 0 Å². The summed E-state index contributed by atoms with van der Waals surface area (Å²) >= 11 is 0. The average molecular weight is 289 g/mol. The number of benzene rings is 2. The molecule has 0 amide bonds. The Hall–Kier alpha value is -1.65. The Balaban J connectivity index is 2.46. The van der Waals surface area contributed by atoms with Crippen LogP contribution < -0.4 is 4.72 Å². The van der Waals surface area contributed by atoms with E-state index in [1.165, 1.54) is 5.56 Å². The molecule has 0 heterocycles. The number of sulfonamides is 1.